The van der Waals surface area contributed by atoms with E-state index in [1.54, 1.807) is 0 Å². The largest absolute Gasteiger partial charge is 0.573 e. The van der Waals surface area contributed by atoms with Crippen molar-refractivity contribution in [1.82, 2.24) is 4.98 Å². The third-order valence-corrected chi connectivity index (χ3v) is 2.45. The van der Waals surface area contributed by atoms with Crippen LogP contribution in [0.4, 0.5) is 17.6 Å². The molecular formula is C13H9F4NO2. The molecule has 0 saturated carbocycles. The van der Waals surface area contributed by atoms with Gasteiger partial charge in [-0.2, -0.15) is 0 Å². The first-order chi connectivity index (χ1) is 9.42. The molecule has 2 rings (SSSR count). The van der Waals surface area contributed by atoms with Gasteiger partial charge in [-0.05, 0) is 12.1 Å². The Kier molecular flexibility index (Phi) is 3.78. The van der Waals surface area contributed by atoms with Crippen LogP contribution in [-0.4, -0.2) is 18.5 Å². The molecule has 2 aromatic rings. The van der Waals surface area contributed by atoms with Crippen LogP contribution in [0.2, 0.25) is 0 Å². The molecular weight excluding hydrogens is 278 g/mol. The molecule has 3 nitrogen and oxygen atoms in total. The summed E-state index contributed by atoms with van der Waals surface area (Å²) in [6.45, 7) is 0. The number of nitrogens with zero attached hydrogens (tertiary/aromatic N) is 1. The summed E-state index contributed by atoms with van der Waals surface area (Å²) in [7, 11) is 1.22. The molecule has 0 spiro atoms. The van der Waals surface area contributed by atoms with Crippen molar-refractivity contribution in [2.45, 2.75) is 6.36 Å². The number of halogens is 4. The van der Waals surface area contributed by atoms with Crippen molar-refractivity contribution in [2.75, 3.05) is 7.11 Å². The second-order valence-corrected chi connectivity index (χ2v) is 3.73. The lowest BCUT2D eigenvalue weighted by Crippen LogP contribution is -2.17. The number of aromatic nitrogens is 1. The summed E-state index contributed by atoms with van der Waals surface area (Å²) in [6.07, 6.45) is -3.62. The van der Waals surface area contributed by atoms with Gasteiger partial charge < -0.3 is 9.47 Å². The molecule has 20 heavy (non-hydrogen) atoms. The number of benzene rings is 1. The Morgan fingerprint density at radius 2 is 1.75 bits per heavy atom. The van der Waals surface area contributed by atoms with Gasteiger partial charge in [0.1, 0.15) is 5.75 Å². The Labute approximate surface area is 111 Å². The summed E-state index contributed by atoms with van der Waals surface area (Å²) in [6, 6.07) is 6.51. The summed E-state index contributed by atoms with van der Waals surface area (Å²) in [5.41, 5.74) is -0.125. The quantitative estimate of drug-likeness (QED) is 0.805. The molecule has 1 aromatic heterocycles. The first kappa shape index (κ1) is 14.1. The van der Waals surface area contributed by atoms with Crippen molar-refractivity contribution < 1.29 is 27.0 Å². The van der Waals surface area contributed by atoms with Gasteiger partial charge in [0.2, 0.25) is 0 Å². The van der Waals surface area contributed by atoms with E-state index < -0.39 is 17.9 Å². The van der Waals surface area contributed by atoms with Gasteiger partial charge in [-0.25, -0.2) is 9.37 Å². The number of methoxy groups -OCH3 is 1. The van der Waals surface area contributed by atoms with Crippen LogP contribution in [0.15, 0.2) is 36.5 Å². The van der Waals surface area contributed by atoms with Crippen molar-refractivity contribution in [2.24, 2.45) is 0 Å². The van der Waals surface area contributed by atoms with Crippen molar-refractivity contribution in [3.05, 3.63) is 42.3 Å². The highest BCUT2D eigenvalue weighted by Gasteiger charge is 2.32. The average molecular weight is 287 g/mol. The molecule has 0 aliphatic carbocycles. The minimum atomic E-state index is -4.86. The smallest absolute Gasteiger partial charge is 0.479 e. The van der Waals surface area contributed by atoms with Crippen molar-refractivity contribution in [3.63, 3.8) is 0 Å². The molecule has 7 heteroatoms. The van der Waals surface area contributed by atoms with Crippen LogP contribution in [0.25, 0.3) is 11.1 Å². The second kappa shape index (κ2) is 5.36. The third-order valence-electron chi connectivity index (χ3n) is 2.45. The molecule has 0 bridgehead atoms. The monoisotopic (exact) mass is 287 g/mol. The van der Waals surface area contributed by atoms with E-state index >= 15 is 0 Å². The third kappa shape index (κ3) is 2.98. The van der Waals surface area contributed by atoms with E-state index in [4.69, 9.17) is 4.74 Å². The van der Waals surface area contributed by atoms with Gasteiger partial charge in [0.05, 0.1) is 7.11 Å². The van der Waals surface area contributed by atoms with E-state index in [1.807, 2.05) is 0 Å². The number of ether oxygens (including phenoxy) is 2. The Bertz CT molecular complexity index is 614. The summed E-state index contributed by atoms with van der Waals surface area (Å²) in [5.74, 6) is -1.65. The van der Waals surface area contributed by atoms with Crippen molar-refractivity contribution in [3.8, 4) is 22.8 Å². The zero-order chi connectivity index (χ0) is 14.8. The maximum absolute atomic E-state index is 14.0. The highest BCUT2D eigenvalue weighted by molar-refractivity contribution is 5.71. The fraction of sp³-hybridized carbons (Fsp3) is 0.154. The Morgan fingerprint density at radius 1 is 1.05 bits per heavy atom. The van der Waals surface area contributed by atoms with Crippen LogP contribution in [-0.2, 0) is 0 Å². The second-order valence-electron chi connectivity index (χ2n) is 3.73. The van der Waals surface area contributed by atoms with Crippen LogP contribution in [0, 0.1) is 5.82 Å². The minimum Gasteiger partial charge on any atom is -0.479 e. The van der Waals surface area contributed by atoms with Gasteiger partial charge in [-0.1, -0.05) is 18.2 Å². The summed E-state index contributed by atoms with van der Waals surface area (Å²) >= 11 is 0. The number of para-hydroxylation sites is 1. The van der Waals surface area contributed by atoms with Gasteiger partial charge in [0, 0.05) is 17.3 Å². The number of rotatable bonds is 3. The van der Waals surface area contributed by atoms with Crippen LogP contribution in [0.5, 0.6) is 11.6 Å². The molecule has 0 aliphatic heterocycles. The Hall–Kier alpha value is -2.31. The van der Waals surface area contributed by atoms with Gasteiger partial charge in [-0.15, -0.1) is 13.2 Å². The normalized spacial score (nSPS) is 11.2. The summed E-state index contributed by atoms with van der Waals surface area (Å²) < 4.78 is 59.6. The first-order valence-corrected chi connectivity index (χ1v) is 5.46. The average Bonchev–Trinajstić information content (AvgIpc) is 2.38. The fourth-order valence-corrected chi connectivity index (χ4v) is 1.68. The number of hydrogen-bond donors (Lipinski definition) is 0. The Morgan fingerprint density at radius 3 is 2.40 bits per heavy atom. The number of alkyl halides is 3. The summed E-state index contributed by atoms with van der Waals surface area (Å²) in [5, 5.41) is 0. The molecule has 0 atom stereocenters. The van der Waals surface area contributed by atoms with E-state index in [2.05, 4.69) is 9.72 Å². The van der Waals surface area contributed by atoms with E-state index in [0.717, 1.165) is 6.07 Å². The lowest BCUT2D eigenvalue weighted by Gasteiger charge is -2.14. The molecule has 0 radical (unpaired) electrons. The molecule has 0 amide bonds. The predicted molar refractivity (Wildman–Crippen MR) is 62.9 cm³/mol. The van der Waals surface area contributed by atoms with E-state index in [-0.39, 0.29) is 17.0 Å². The van der Waals surface area contributed by atoms with Crippen LogP contribution in [0.3, 0.4) is 0 Å². The maximum atomic E-state index is 14.0. The standard InChI is InChI=1S/C13H9F4NO2/c1-19-12-11(14)9(6-7-18-12)8-4-2-3-5-10(8)20-13(15,16)17/h2-7H,1H3. The van der Waals surface area contributed by atoms with Crippen LogP contribution >= 0.6 is 0 Å². The molecule has 0 aliphatic rings. The topological polar surface area (TPSA) is 31.4 Å². The predicted octanol–water partition coefficient (Wildman–Crippen LogP) is 3.79. The maximum Gasteiger partial charge on any atom is 0.573 e. The molecule has 0 N–H and O–H groups in total. The molecule has 1 heterocycles. The van der Waals surface area contributed by atoms with E-state index in [0.29, 0.717) is 0 Å². The van der Waals surface area contributed by atoms with Gasteiger partial charge in [0.15, 0.2) is 5.82 Å². The van der Waals surface area contributed by atoms with E-state index in [1.165, 1.54) is 37.6 Å². The lowest BCUT2D eigenvalue weighted by molar-refractivity contribution is -0.274. The number of hydrogen-bond acceptors (Lipinski definition) is 3. The van der Waals surface area contributed by atoms with Crippen molar-refractivity contribution in [1.29, 1.82) is 0 Å². The fourth-order valence-electron chi connectivity index (χ4n) is 1.68. The molecule has 1 aromatic carbocycles. The van der Waals surface area contributed by atoms with Gasteiger partial charge in [0.25, 0.3) is 5.88 Å². The van der Waals surface area contributed by atoms with Gasteiger partial charge in [-0.3, -0.25) is 0 Å². The zero-order valence-electron chi connectivity index (χ0n) is 10.2. The SMILES string of the molecule is COc1nccc(-c2ccccc2OC(F)(F)F)c1F. The zero-order valence-corrected chi connectivity index (χ0v) is 10.2. The minimum absolute atomic E-state index is 0.0389. The highest BCUT2D eigenvalue weighted by Crippen LogP contribution is 2.36. The van der Waals surface area contributed by atoms with Crippen LogP contribution < -0.4 is 9.47 Å². The van der Waals surface area contributed by atoms with Crippen LogP contribution in [0.1, 0.15) is 0 Å². The highest BCUT2D eigenvalue weighted by atomic mass is 19.4. The molecule has 0 unspecified atom stereocenters. The first-order valence-electron chi connectivity index (χ1n) is 5.46. The molecule has 0 fully saturated rings. The molecule has 106 valence electrons. The van der Waals surface area contributed by atoms with Crippen molar-refractivity contribution >= 4 is 0 Å². The van der Waals surface area contributed by atoms with Gasteiger partial charge >= 0.3 is 6.36 Å². The van der Waals surface area contributed by atoms with E-state index in [9.17, 15) is 17.6 Å². The Balaban J connectivity index is 2.53. The summed E-state index contributed by atoms with van der Waals surface area (Å²) in [4.78, 5) is 3.63. The number of pyridine rings is 1. The lowest BCUT2D eigenvalue weighted by atomic mass is 10.1. The molecule has 0 saturated heterocycles.